The van der Waals surface area contributed by atoms with Gasteiger partial charge in [-0.05, 0) is 11.6 Å². The van der Waals surface area contributed by atoms with Crippen LogP contribution in [0, 0.1) is 0 Å². The van der Waals surface area contributed by atoms with Gasteiger partial charge in [-0.15, -0.1) is 6.58 Å². The number of ether oxygens (including phenoxy) is 2. The van der Waals surface area contributed by atoms with E-state index in [0.29, 0.717) is 5.92 Å². The van der Waals surface area contributed by atoms with Crippen molar-refractivity contribution in [2.75, 3.05) is 14.2 Å². The molecular formula is C14H17NO2. The van der Waals surface area contributed by atoms with E-state index in [2.05, 4.69) is 18.5 Å². The average molecular weight is 231 g/mol. The molecule has 0 radical (unpaired) electrons. The van der Waals surface area contributed by atoms with Crippen molar-refractivity contribution in [3.05, 3.63) is 36.5 Å². The van der Waals surface area contributed by atoms with Crippen LogP contribution < -0.4 is 9.47 Å². The van der Waals surface area contributed by atoms with E-state index >= 15 is 0 Å². The SMILES string of the molecule is C=CC(C)c1c[nH]c2cc(OC)c(OC)cc12. The van der Waals surface area contributed by atoms with Gasteiger partial charge in [-0.3, -0.25) is 0 Å². The molecule has 2 aromatic rings. The lowest BCUT2D eigenvalue weighted by atomic mass is 10.0. The predicted molar refractivity (Wildman–Crippen MR) is 70.0 cm³/mol. The quantitative estimate of drug-likeness (QED) is 0.817. The lowest BCUT2D eigenvalue weighted by molar-refractivity contribution is 0.356. The van der Waals surface area contributed by atoms with E-state index in [1.807, 2.05) is 24.4 Å². The lowest BCUT2D eigenvalue weighted by Gasteiger charge is -2.09. The van der Waals surface area contributed by atoms with Gasteiger partial charge >= 0.3 is 0 Å². The number of H-pyrrole nitrogens is 1. The van der Waals surface area contributed by atoms with E-state index in [4.69, 9.17) is 9.47 Å². The van der Waals surface area contributed by atoms with Crippen molar-refractivity contribution < 1.29 is 9.47 Å². The topological polar surface area (TPSA) is 34.2 Å². The third kappa shape index (κ3) is 1.88. The molecule has 0 amide bonds. The number of hydrogen-bond acceptors (Lipinski definition) is 2. The summed E-state index contributed by atoms with van der Waals surface area (Å²) in [5.74, 6) is 1.79. The number of nitrogens with one attached hydrogen (secondary N) is 1. The van der Waals surface area contributed by atoms with Crippen LogP contribution >= 0.6 is 0 Å². The molecule has 0 aliphatic rings. The van der Waals surface area contributed by atoms with E-state index < -0.39 is 0 Å². The van der Waals surface area contributed by atoms with Gasteiger partial charge in [-0.25, -0.2) is 0 Å². The van der Waals surface area contributed by atoms with Crippen molar-refractivity contribution >= 4 is 10.9 Å². The van der Waals surface area contributed by atoms with Gasteiger partial charge < -0.3 is 14.5 Å². The van der Waals surface area contributed by atoms with Crippen LogP contribution in [0.15, 0.2) is 31.0 Å². The summed E-state index contributed by atoms with van der Waals surface area (Å²) < 4.78 is 10.6. The first-order valence-corrected chi connectivity index (χ1v) is 5.56. The van der Waals surface area contributed by atoms with Gasteiger partial charge in [-0.2, -0.15) is 0 Å². The number of methoxy groups -OCH3 is 2. The van der Waals surface area contributed by atoms with Crippen molar-refractivity contribution in [3.63, 3.8) is 0 Å². The maximum atomic E-state index is 5.32. The van der Waals surface area contributed by atoms with Gasteiger partial charge in [-0.1, -0.05) is 13.0 Å². The smallest absolute Gasteiger partial charge is 0.162 e. The molecule has 0 bridgehead atoms. The van der Waals surface area contributed by atoms with Crippen LogP contribution in [-0.4, -0.2) is 19.2 Å². The molecule has 1 unspecified atom stereocenters. The molecule has 3 heteroatoms. The zero-order valence-corrected chi connectivity index (χ0v) is 10.4. The first-order valence-electron chi connectivity index (χ1n) is 5.56. The first kappa shape index (κ1) is 11.6. The van der Waals surface area contributed by atoms with Crippen LogP contribution in [0.25, 0.3) is 10.9 Å². The molecule has 90 valence electrons. The molecule has 0 saturated heterocycles. The Kier molecular flexibility index (Phi) is 3.09. The standard InChI is InChI=1S/C14H17NO2/c1-5-9(2)11-8-15-12-7-14(17-4)13(16-3)6-10(11)12/h5-9,15H,1H2,2-4H3. The number of rotatable bonds is 4. The highest BCUT2D eigenvalue weighted by molar-refractivity contribution is 5.87. The van der Waals surface area contributed by atoms with E-state index in [0.717, 1.165) is 22.4 Å². The summed E-state index contributed by atoms with van der Waals surface area (Å²) in [5.41, 5.74) is 2.27. The van der Waals surface area contributed by atoms with Crippen LogP contribution in [0.2, 0.25) is 0 Å². The Morgan fingerprint density at radius 3 is 2.47 bits per heavy atom. The molecular weight excluding hydrogens is 214 g/mol. The van der Waals surface area contributed by atoms with Gasteiger partial charge in [0, 0.05) is 29.1 Å². The van der Waals surface area contributed by atoms with Crippen molar-refractivity contribution in [1.82, 2.24) is 4.98 Å². The zero-order valence-electron chi connectivity index (χ0n) is 10.4. The molecule has 1 atom stereocenters. The predicted octanol–water partition coefficient (Wildman–Crippen LogP) is 3.47. The van der Waals surface area contributed by atoms with Crippen molar-refractivity contribution in [2.24, 2.45) is 0 Å². The summed E-state index contributed by atoms with van der Waals surface area (Å²) in [6.45, 7) is 5.95. The number of aromatic nitrogens is 1. The normalized spacial score (nSPS) is 12.4. The Bertz CT molecular complexity index is 542. The lowest BCUT2D eigenvalue weighted by Crippen LogP contribution is -1.91. The van der Waals surface area contributed by atoms with Crippen LogP contribution in [0.3, 0.4) is 0 Å². The first-order chi connectivity index (χ1) is 8.21. The molecule has 2 rings (SSSR count). The van der Waals surface area contributed by atoms with Crippen LogP contribution in [0.1, 0.15) is 18.4 Å². The number of benzene rings is 1. The van der Waals surface area contributed by atoms with Gasteiger partial charge in [0.2, 0.25) is 0 Å². The molecule has 0 saturated carbocycles. The fourth-order valence-corrected chi connectivity index (χ4v) is 1.97. The van der Waals surface area contributed by atoms with Gasteiger partial charge in [0.1, 0.15) is 0 Å². The monoisotopic (exact) mass is 231 g/mol. The molecule has 0 aliphatic heterocycles. The maximum Gasteiger partial charge on any atom is 0.162 e. The number of allylic oxidation sites excluding steroid dienone is 1. The summed E-state index contributed by atoms with van der Waals surface area (Å²) in [6, 6.07) is 3.95. The van der Waals surface area contributed by atoms with Crippen molar-refractivity contribution in [2.45, 2.75) is 12.8 Å². The summed E-state index contributed by atoms with van der Waals surface area (Å²) >= 11 is 0. The van der Waals surface area contributed by atoms with Gasteiger partial charge in [0.25, 0.3) is 0 Å². The maximum absolute atomic E-state index is 5.32. The molecule has 17 heavy (non-hydrogen) atoms. The summed E-state index contributed by atoms with van der Waals surface area (Å²) in [5, 5.41) is 1.15. The largest absolute Gasteiger partial charge is 0.493 e. The Morgan fingerprint density at radius 2 is 1.88 bits per heavy atom. The fourth-order valence-electron chi connectivity index (χ4n) is 1.97. The summed E-state index contributed by atoms with van der Waals surface area (Å²) in [4.78, 5) is 3.25. The van der Waals surface area contributed by atoms with E-state index in [1.54, 1.807) is 14.2 Å². The van der Waals surface area contributed by atoms with Gasteiger partial charge in [0.05, 0.1) is 14.2 Å². The molecule has 0 spiro atoms. The second-order valence-corrected chi connectivity index (χ2v) is 4.02. The summed E-state index contributed by atoms with van der Waals surface area (Å²) in [7, 11) is 3.28. The van der Waals surface area contributed by atoms with E-state index in [-0.39, 0.29) is 0 Å². The number of fused-ring (bicyclic) bond motifs is 1. The van der Waals surface area contributed by atoms with Gasteiger partial charge in [0.15, 0.2) is 11.5 Å². The minimum absolute atomic E-state index is 0.307. The Balaban J connectivity index is 2.64. The Labute approximate surface area is 101 Å². The molecule has 1 heterocycles. The minimum Gasteiger partial charge on any atom is -0.493 e. The number of aromatic amines is 1. The van der Waals surface area contributed by atoms with Crippen LogP contribution in [0.5, 0.6) is 11.5 Å². The fraction of sp³-hybridized carbons (Fsp3) is 0.286. The highest BCUT2D eigenvalue weighted by Crippen LogP contribution is 2.35. The highest BCUT2D eigenvalue weighted by atomic mass is 16.5. The molecule has 1 N–H and O–H groups in total. The highest BCUT2D eigenvalue weighted by Gasteiger charge is 2.12. The number of hydrogen-bond donors (Lipinski definition) is 1. The second-order valence-electron chi connectivity index (χ2n) is 4.02. The third-order valence-corrected chi connectivity index (χ3v) is 3.06. The zero-order chi connectivity index (χ0) is 12.4. The molecule has 0 fully saturated rings. The molecule has 0 aliphatic carbocycles. The summed E-state index contributed by atoms with van der Waals surface area (Å²) in [6.07, 6.45) is 3.94. The van der Waals surface area contributed by atoms with Crippen molar-refractivity contribution in [1.29, 1.82) is 0 Å². The molecule has 3 nitrogen and oxygen atoms in total. The Hall–Kier alpha value is -1.90. The molecule has 1 aromatic carbocycles. The Morgan fingerprint density at radius 1 is 1.24 bits per heavy atom. The third-order valence-electron chi connectivity index (χ3n) is 3.06. The van der Waals surface area contributed by atoms with Crippen LogP contribution in [-0.2, 0) is 0 Å². The van der Waals surface area contributed by atoms with Crippen molar-refractivity contribution in [3.8, 4) is 11.5 Å². The average Bonchev–Trinajstić information content (AvgIpc) is 2.78. The minimum atomic E-state index is 0.307. The molecule has 1 aromatic heterocycles. The van der Waals surface area contributed by atoms with Crippen LogP contribution in [0.4, 0.5) is 0 Å². The van der Waals surface area contributed by atoms with E-state index in [9.17, 15) is 0 Å². The van der Waals surface area contributed by atoms with E-state index in [1.165, 1.54) is 5.56 Å². The second kappa shape index (κ2) is 4.53.